The fraction of sp³-hybridized carbons (Fsp3) is 0.312. The van der Waals surface area contributed by atoms with Gasteiger partial charge in [0.2, 0.25) is 0 Å². The number of furan rings is 1. The molecule has 2 N–H and O–H groups in total. The number of carbonyl (C=O) groups excluding carboxylic acids is 1. The second-order valence-corrected chi connectivity index (χ2v) is 5.20. The average molecular weight is 286 g/mol. The number of carbonyl (C=O) groups is 1. The fourth-order valence-electron chi connectivity index (χ4n) is 2.36. The lowest BCUT2D eigenvalue weighted by molar-refractivity contribution is 0.0717. The van der Waals surface area contributed by atoms with Crippen molar-refractivity contribution in [3.8, 4) is 5.75 Å². The number of amides is 1. The Morgan fingerprint density at radius 2 is 2.24 bits per heavy atom. The minimum atomic E-state index is -0.0248. The van der Waals surface area contributed by atoms with Crippen LogP contribution in [0.4, 0.5) is 5.69 Å². The summed E-state index contributed by atoms with van der Waals surface area (Å²) in [5.41, 5.74) is 6.93. The molecule has 0 radical (unpaired) electrons. The number of methoxy groups -OCH3 is 1. The van der Waals surface area contributed by atoms with E-state index in [2.05, 4.69) is 0 Å². The van der Waals surface area contributed by atoms with Gasteiger partial charge in [-0.05, 0) is 43.2 Å². The lowest BCUT2D eigenvalue weighted by atomic mass is 10.1. The zero-order chi connectivity index (χ0) is 14.8. The SMILES string of the molecule is COc1ccc(C(=O)N(Cc2ccco2)C2CC2)cc1N. The summed E-state index contributed by atoms with van der Waals surface area (Å²) in [6, 6.07) is 9.14. The number of rotatable bonds is 5. The number of nitrogen functional groups attached to an aromatic ring is 1. The molecular formula is C16H18N2O3. The molecular weight excluding hydrogens is 268 g/mol. The van der Waals surface area contributed by atoms with E-state index in [0.717, 1.165) is 18.6 Å². The Balaban J connectivity index is 1.82. The average Bonchev–Trinajstić information content (AvgIpc) is 3.20. The number of anilines is 1. The van der Waals surface area contributed by atoms with E-state index in [4.69, 9.17) is 14.9 Å². The van der Waals surface area contributed by atoms with Gasteiger partial charge in [0.05, 0.1) is 25.6 Å². The monoisotopic (exact) mass is 286 g/mol. The molecule has 1 fully saturated rings. The van der Waals surface area contributed by atoms with Crippen molar-refractivity contribution < 1.29 is 13.9 Å². The number of ether oxygens (including phenoxy) is 1. The highest BCUT2D eigenvalue weighted by Gasteiger charge is 2.33. The normalized spacial score (nSPS) is 14.0. The smallest absolute Gasteiger partial charge is 0.254 e. The van der Waals surface area contributed by atoms with E-state index in [1.54, 1.807) is 31.6 Å². The van der Waals surface area contributed by atoms with Crippen LogP contribution in [0.25, 0.3) is 0 Å². The fourth-order valence-corrected chi connectivity index (χ4v) is 2.36. The Labute approximate surface area is 123 Å². The highest BCUT2D eigenvalue weighted by molar-refractivity contribution is 5.95. The molecule has 0 atom stereocenters. The van der Waals surface area contributed by atoms with Crippen LogP contribution in [-0.2, 0) is 6.54 Å². The summed E-state index contributed by atoms with van der Waals surface area (Å²) in [6.07, 6.45) is 3.70. The third-order valence-corrected chi connectivity index (χ3v) is 3.63. The van der Waals surface area contributed by atoms with Crippen molar-refractivity contribution in [2.45, 2.75) is 25.4 Å². The van der Waals surface area contributed by atoms with Crippen molar-refractivity contribution in [1.29, 1.82) is 0 Å². The molecule has 2 aromatic rings. The maximum atomic E-state index is 12.7. The number of benzene rings is 1. The van der Waals surface area contributed by atoms with E-state index in [1.807, 2.05) is 17.0 Å². The van der Waals surface area contributed by atoms with Crippen LogP contribution in [0.5, 0.6) is 5.75 Å². The summed E-state index contributed by atoms with van der Waals surface area (Å²) in [6.45, 7) is 0.489. The zero-order valence-corrected chi connectivity index (χ0v) is 11.9. The third-order valence-electron chi connectivity index (χ3n) is 3.63. The molecule has 0 unspecified atom stereocenters. The van der Waals surface area contributed by atoms with Gasteiger partial charge in [-0.3, -0.25) is 4.79 Å². The lowest BCUT2D eigenvalue weighted by Gasteiger charge is -2.21. The number of nitrogens with two attached hydrogens (primary N) is 1. The third kappa shape index (κ3) is 2.86. The van der Waals surface area contributed by atoms with Gasteiger partial charge in [0, 0.05) is 11.6 Å². The molecule has 1 aliphatic carbocycles. The van der Waals surface area contributed by atoms with Gasteiger partial charge in [-0.1, -0.05) is 0 Å². The van der Waals surface area contributed by atoms with Crippen LogP contribution in [0, 0.1) is 0 Å². The van der Waals surface area contributed by atoms with Crippen molar-refractivity contribution >= 4 is 11.6 Å². The van der Waals surface area contributed by atoms with Gasteiger partial charge in [-0.25, -0.2) is 0 Å². The van der Waals surface area contributed by atoms with Crippen molar-refractivity contribution in [2.75, 3.05) is 12.8 Å². The van der Waals surface area contributed by atoms with Crippen molar-refractivity contribution in [3.05, 3.63) is 47.9 Å². The predicted octanol–water partition coefficient (Wildman–Crippen LogP) is 2.68. The summed E-state index contributed by atoms with van der Waals surface area (Å²) in [5, 5.41) is 0. The molecule has 1 saturated carbocycles. The molecule has 0 aliphatic heterocycles. The Kier molecular flexibility index (Phi) is 3.56. The maximum Gasteiger partial charge on any atom is 0.254 e. The van der Waals surface area contributed by atoms with Gasteiger partial charge in [0.15, 0.2) is 0 Å². The number of hydrogen-bond donors (Lipinski definition) is 1. The van der Waals surface area contributed by atoms with E-state index < -0.39 is 0 Å². The maximum absolute atomic E-state index is 12.7. The molecule has 0 bridgehead atoms. The lowest BCUT2D eigenvalue weighted by Crippen LogP contribution is -2.32. The second-order valence-electron chi connectivity index (χ2n) is 5.20. The van der Waals surface area contributed by atoms with Crippen LogP contribution in [0.15, 0.2) is 41.0 Å². The Morgan fingerprint density at radius 1 is 1.43 bits per heavy atom. The van der Waals surface area contributed by atoms with Crippen LogP contribution in [-0.4, -0.2) is 24.0 Å². The molecule has 0 saturated heterocycles. The van der Waals surface area contributed by atoms with Crippen LogP contribution in [0.1, 0.15) is 29.0 Å². The van der Waals surface area contributed by atoms with Gasteiger partial charge in [0.1, 0.15) is 11.5 Å². The summed E-state index contributed by atoms with van der Waals surface area (Å²) in [7, 11) is 1.56. The quantitative estimate of drug-likeness (QED) is 0.858. The van der Waals surface area contributed by atoms with Crippen molar-refractivity contribution in [1.82, 2.24) is 4.90 Å². The van der Waals surface area contributed by atoms with E-state index in [1.165, 1.54) is 0 Å². The molecule has 1 aromatic heterocycles. The first-order valence-corrected chi connectivity index (χ1v) is 6.96. The molecule has 110 valence electrons. The van der Waals surface area contributed by atoms with Crippen LogP contribution < -0.4 is 10.5 Å². The summed E-state index contributed by atoms with van der Waals surface area (Å²) in [4.78, 5) is 14.5. The number of nitrogens with zero attached hydrogens (tertiary/aromatic N) is 1. The first kappa shape index (κ1) is 13.5. The first-order valence-electron chi connectivity index (χ1n) is 6.96. The van der Waals surface area contributed by atoms with Gasteiger partial charge in [0.25, 0.3) is 5.91 Å². The van der Waals surface area contributed by atoms with E-state index in [9.17, 15) is 4.79 Å². The minimum Gasteiger partial charge on any atom is -0.495 e. The molecule has 5 nitrogen and oxygen atoms in total. The summed E-state index contributed by atoms with van der Waals surface area (Å²) in [5.74, 6) is 1.34. The molecule has 5 heteroatoms. The zero-order valence-electron chi connectivity index (χ0n) is 11.9. The summed E-state index contributed by atoms with van der Waals surface area (Å²) < 4.78 is 10.5. The van der Waals surface area contributed by atoms with Crippen LogP contribution >= 0.6 is 0 Å². The minimum absolute atomic E-state index is 0.0248. The van der Waals surface area contributed by atoms with Crippen molar-refractivity contribution in [2.24, 2.45) is 0 Å². The Morgan fingerprint density at radius 3 is 2.81 bits per heavy atom. The molecule has 3 rings (SSSR count). The van der Waals surface area contributed by atoms with Gasteiger partial charge < -0.3 is 19.8 Å². The van der Waals surface area contributed by atoms with Gasteiger partial charge in [-0.15, -0.1) is 0 Å². The van der Waals surface area contributed by atoms with E-state index in [0.29, 0.717) is 29.6 Å². The molecule has 1 aromatic carbocycles. The molecule has 21 heavy (non-hydrogen) atoms. The number of hydrogen-bond acceptors (Lipinski definition) is 4. The Bertz CT molecular complexity index is 633. The molecule has 0 spiro atoms. The topological polar surface area (TPSA) is 68.7 Å². The van der Waals surface area contributed by atoms with E-state index >= 15 is 0 Å². The predicted molar refractivity (Wildman–Crippen MR) is 79.0 cm³/mol. The van der Waals surface area contributed by atoms with Crippen molar-refractivity contribution in [3.63, 3.8) is 0 Å². The van der Waals surface area contributed by atoms with Crippen LogP contribution in [0.2, 0.25) is 0 Å². The molecule has 1 heterocycles. The summed E-state index contributed by atoms with van der Waals surface area (Å²) >= 11 is 0. The highest BCUT2D eigenvalue weighted by atomic mass is 16.5. The first-order chi connectivity index (χ1) is 10.2. The standard InChI is InChI=1S/C16H18N2O3/c1-20-15-7-4-11(9-14(15)17)16(19)18(12-5-6-12)10-13-3-2-8-21-13/h2-4,7-9,12H,5-6,10,17H2,1H3. The second kappa shape index (κ2) is 5.52. The Hall–Kier alpha value is -2.43. The van der Waals surface area contributed by atoms with E-state index in [-0.39, 0.29) is 5.91 Å². The highest BCUT2D eigenvalue weighted by Crippen LogP contribution is 2.31. The van der Waals surface area contributed by atoms with Crippen LogP contribution in [0.3, 0.4) is 0 Å². The molecule has 1 aliphatic rings. The van der Waals surface area contributed by atoms with Gasteiger partial charge >= 0.3 is 0 Å². The largest absolute Gasteiger partial charge is 0.495 e. The molecule has 1 amide bonds. The van der Waals surface area contributed by atoms with Gasteiger partial charge in [-0.2, -0.15) is 0 Å².